The maximum Gasteiger partial charge on any atom is 0.269 e. The predicted octanol–water partition coefficient (Wildman–Crippen LogP) is 3.45. The van der Waals surface area contributed by atoms with Crippen LogP contribution < -0.4 is 0 Å². The van der Waals surface area contributed by atoms with E-state index in [-0.39, 0.29) is 18.2 Å². The molecule has 5 nitrogen and oxygen atoms in total. The number of benzene rings is 2. The highest BCUT2D eigenvalue weighted by Gasteiger charge is 2.18. The Hall–Kier alpha value is -1.95. The largest absolute Gasteiger partial charge is 0.396 e. The third-order valence-electron chi connectivity index (χ3n) is 3.56. The molecule has 0 aliphatic carbocycles. The van der Waals surface area contributed by atoms with Gasteiger partial charge in [-0.25, -0.2) is 0 Å². The van der Waals surface area contributed by atoms with Gasteiger partial charge in [0, 0.05) is 23.1 Å². The quantitative estimate of drug-likeness (QED) is 0.630. The summed E-state index contributed by atoms with van der Waals surface area (Å²) >= 11 is 5.81. The zero-order valence-electron chi connectivity index (χ0n) is 11.7. The van der Waals surface area contributed by atoms with Crippen LogP contribution in [0.4, 0.5) is 5.69 Å². The lowest BCUT2D eigenvalue weighted by molar-refractivity contribution is -0.384. The van der Waals surface area contributed by atoms with Crippen molar-refractivity contribution < 1.29 is 15.1 Å². The number of aliphatic hydroxyl groups excluding tert-OH is 2. The van der Waals surface area contributed by atoms with Crippen LogP contribution >= 0.6 is 11.6 Å². The third kappa shape index (κ3) is 4.04. The summed E-state index contributed by atoms with van der Waals surface area (Å²) in [6.45, 7) is -0.150. The van der Waals surface area contributed by atoms with Gasteiger partial charge in [-0.15, -0.1) is 0 Å². The van der Waals surface area contributed by atoms with Crippen molar-refractivity contribution in [2.45, 2.75) is 18.4 Å². The molecule has 0 bridgehead atoms. The predicted molar refractivity (Wildman–Crippen MR) is 84.0 cm³/mol. The van der Waals surface area contributed by atoms with Gasteiger partial charge in [-0.2, -0.15) is 0 Å². The van der Waals surface area contributed by atoms with E-state index in [2.05, 4.69) is 0 Å². The molecule has 0 radical (unpaired) electrons. The molecule has 6 heteroatoms. The summed E-state index contributed by atoms with van der Waals surface area (Å²) in [5, 5.41) is 31.0. The number of nitro groups is 1. The van der Waals surface area contributed by atoms with Crippen molar-refractivity contribution in [2.75, 3.05) is 6.61 Å². The van der Waals surface area contributed by atoms with Crippen LogP contribution in [0.25, 0.3) is 0 Å². The van der Waals surface area contributed by atoms with Crippen LogP contribution in [0.3, 0.4) is 0 Å². The SMILES string of the molecule is O=[N+]([O-])c1ccc(C(CO)CC(O)c2ccc(Cl)cc2)cc1. The average Bonchev–Trinajstić information content (AvgIpc) is 2.53. The van der Waals surface area contributed by atoms with Gasteiger partial charge in [0.25, 0.3) is 5.69 Å². The van der Waals surface area contributed by atoms with Crippen molar-refractivity contribution in [3.63, 3.8) is 0 Å². The Balaban J connectivity index is 2.11. The third-order valence-corrected chi connectivity index (χ3v) is 3.81. The summed E-state index contributed by atoms with van der Waals surface area (Å²) in [5.74, 6) is -0.300. The molecule has 2 aromatic carbocycles. The van der Waals surface area contributed by atoms with Crippen molar-refractivity contribution in [3.8, 4) is 0 Å². The van der Waals surface area contributed by atoms with Crippen LogP contribution in [-0.2, 0) is 0 Å². The monoisotopic (exact) mass is 321 g/mol. The maximum atomic E-state index is 10.6. The number of hydrogen-bond donors (Lipinski definition) is 2. The normalized spacial score (nSPS) is 13.6. The molecule has 0 aromatic heterocycles. The Bertz CT molecular complexity index is 628. The first-order chi connectivity index (χ1) is 10.5. The molecule has 2 atom stereocenters. The molecule has 0 aliphatic heterocycles. The number of halogens is 1. The molecule has 2 N–H and O–H groups in total. The topological polar surface area (TPSA) is 83.6 Å². The van der Waals surface area contributed by atoms with E-state index in [0.29, 0.717) is 17.0 Å². The first-order valence-corrected chi connectivity index (χ1v) is 7.17. The van der Waals surface area contributed by atoms with E-state index >= 15 is 0 Å². The van der Waals surface area contributed by atoms with Crippen LogP contribution in [-0.4, -0.2) is 21.7 Å². The summed E-state index contributed by atoms with van der Waals surface area (Å²) in [5.41, 5.74) is 1.46. The minimum Gasteiger partial charge on any atom is -0.396 e. The van der Waals surface area contributed by atoms with E-state index in [1.165, 1.54) is 12.1 Å². The van der Waals surface area contributed by atoms with Gasteiger partial charge in [-0.1, -0.05) is 35.9 Å². The molecule has 116 valence electrons. The van der Waals surface area contributed by atoms with E-state index < -0.39 is 11.0 Å². The highest BCUT2D eigenvalue weighted by atomic mass is 35.5. The summed E-state index contributed by atoms with van der Waals surface area (Å²) in [7, 11) is 0. The van der Waals surface area contributed by atoms with Crippen molar-refractivity contribution >= 4 is 17.3 Å². The molecule has 22 heavy (non-hydrogen) atoms. The first kappa shape index (κ1) is 16.4. The second kappa shape index (κ2) is 7.35. The number of non-ortho nitro benzene ring substituents is 1. The maximum absolute atomic E-state index is 10.6. The summed E-state index contributed by atoms with van der Waals surface area (Å²) in [6, 6.07) is 12.9. The molecular weight excluding hydrogens is 306 g/mol. The lowest BCUT2D eigenvalue weighted by Crippen LogP contribution is -2.10. The Kier molecular flexibility index (Phi) is 5.49. The van der Waals surface area contributed by atoms with Gasteiger partial charge < -0.3 is 10.2 Å². The smallest absolute Gasteiger partial charge is 0.269 e. The molecule has 0 heterocycles. The van der Waals surface area contributed by atoms with Gasteiger partial charge in [0.15, 0.2) is 0 Å². The minimum absolute atomic E-state index is 0.00121. The Labute approximate surface area is 132 Å². The highest BCUT2D eigenvalue weighted by Crippen LogP contribution is 2.29. The second-order valence-corrected chi connectivity index (χ2v) is 5.47. The molecule has 0 aliphatic rings. The Morgan fingerprint density at radius 1 is 1.05 bits per heavy atom. The van der Waals surface area contributed by atoms with E-state index in [9.17, 15) is 20.3 Å². The van der Waals surface area contributed by atoms with Crippen molar-refractivity contribution in [2.24, 2.45) is 0 Å². The van der Waals surface area contributed by atoms with E-state index in [4.69, 9.17) is 11.6 Å². The van der Waals surface area contributed by atoms with Gasteiger partial charge in [0.1, 0.15) is 0 Å². The molecule has 2 unspecified atom stereocenters. The van der Waals surface area contributed by atoms with Crippen LogP contribution in [0.1, 0.15) is 29.6 Å². The van der Waals surface area contributed by atoms with Gasteiger partial charge >= 0.3 is 0 Å². The lowest BCUT2D eigenvalue weighted by Gasteiger charge is -2.19. The zero-order valence-corrected chi connectivity index (χ0v) is 12.5. The lowest BCUT2D eigenvalue weighted by atomic mass is 9.91. The molecule has 0 saturated heterocycles. The Morgan fingerprint density at radius 2 is 1.59 bits per heavy atom. The average molecular weight is 322 g/mol. The summed E-state index contributed by atoms with van der Waals surface area (Å²) < 4.78 is 0. The Morgan fingerprint density at radius 3 is 2.09 bits per heavy atom. The van der Waals surface area contributed by atoms with Crippen LogP contribution in [0.15, 0.2) is 48.5 Å². The fourth-order valence-corrected chi connectivity index (χ4v) is 2.40. The van der Waals surface area contributed by atoms with Crippen LogP contribution in [0.2, 0.25) is 5.02 Å². The van der Waals surface area contributed by atoms with Crippen molar-refractivity contribution in [1.82, 2.24) is 0 Å². The van der Waals surface area contributed by atoms with Gasteiger partial charge in [-0.3, -0.25) is 10.1 Å². The number of rotatable bonds is 6. The molecule has 0 fully saturated rings. The molecule has 0 amide bonds. The molecule has 0 saturated carbocycles. The zero-order chi connectivity index (χ0) is 16.1. The number of nitrogens with zero attached hydrogens (tertiary/aromatic N) is 1. The summed E-state index contributed by atoms with van der Waals surface area (Å²) in [4.78, 5) is 10.2. The molecule has 2 rings (SSSR count). The van der Waals surface area contributed by atoms with Crippen LogP contribution in [0, 0.1) is 10.1 Å². The van der Waals surface area contributed by atoms with E-state index in [0.717, 1.165) is 5.56 Å². The standard InChI is InChI=1S/C16H16ClNO4/c17-14-5-1-12(2-6-14)16(20)9-13(10-19)11-3-7-15(8-4-11)18(21)22/h1-8,13,16,19-20H,9-10H2. The molecule has 2 aromatic rings. The second-order valence-electron chi connectivity index (χ2n) is 5.03. The fraction of sp³-hybridized carbons (Fsp3) is 0.250. The summed E-state index contributed by atoms with van der Waals surface area (Å²) in [6.07, 6.45) is -0.430. The number of hydrogen-bond acceptors (Lipinski definition) is 4. The number of nitro benzene ring substituents is 1. The van der Waals surface area contributed by atoms with Gasteiger partial charge in [-0.05, 0) is 29.7 Å². The highest BCUT2D eigenvalue weighted by molar-refractivity contribution is 6.30. The fourth-order valence-electron chi connectivity index (χ4n) is 2.27. The van der Waals surface area contributed by atoms with Crippen LogP contribution in [0.5, 0.6) is 0 Å². The number of aliphatic hydroxyl groups is 2. The van der Waals surface area contributed by atoms with E-state index in [1.54, 1.807) is 36.4 Å². The molecular formula is C16H16ClNO4. The van der Waals surface area contributed by atoms with E-state index in [1.807, 2.05) is 0 Å². The van der Waals surface area contributed by atoms with Gasteiger partial charge in [0.2, 0.25) is 0 Å². The minimum atomic E-state index is -0.746. The van der Waals surface area contributed by atoms with Gasteiger partial charge in [0.05, 0.1) is 17.6 Å². The first-order valence-electron chi connectivity index (χ1n) is 6.80. The molecule has 0 spiro atoms. The van der Waals surface area contributed by atoms with Crippen molar-refractivity contribution in [3.05, 3.63) is 74.8 Å². The van der Waals surface area contributed by atoms with Crippen molar-refractivity contribution in [1.29, 1.82) is 0 Å².